The lowest BCUT2D eigenvalue weighted by atomic mass is 9.92. The predicted molar refractivity (Wildman–Crippen MR) is 78.8 cm³/mol. The quantitative estimate of drug-likeness (QED) is 0.820. The Balaban J connectivity index is 1.56. The van der Waals surface area contributed by atoms with Gasteiger partial charge in [0.05, 0.1) is 6.54 Å². The second-order valence-electron chi connectivity index (χ2n) is 5.98. The molecule has 0 spiro atoms. The average Bonchev–Trinajstić information content (AvgIpc) is 3.07. The van der Waals surface area contributed by atoms with Crippen molar-refractivity contribution in [3.63, 3.8) is 0 Å². The number of carbonyl (C=O) groups is 2. The third kappa shape index (κ3) is 3.01. The van der Waals surface area contributed by atoms with Crippen molar-refractivity contribution in [2.75, 3.05) is 26.2 Å². The molecule has 2 aliphatic heterocycles. The Hall–Kier alpha value is -1.66. The predicted octanol–water partition coefficient (Wildman–Crippen LogP) is -0.0347. The number of piperidine rings is 1. The summed E-state index contributed by atoms with van der Waals surface area (Å²) in [4.78, 5) is 26.3. The molecule has 2 saturated heterocycles. The maximum absolute atomic E-state index is 12.1. The molecule has 6 nitrogen and oxygen atoms in total. The summed E-state index contributed by atoms with van der Waals surface area (Å²) in [5.41, 5.74) is 0.502. The topological polar surface area (TPSA) is 66.4 Å². The molecule has 3 rings (SSSR count). The second-order valence-corrected chi connectivity index (χ2v) is 5.98. The number of fused-ring (bicyclic) bond motifs is 1. The van der Waals surface area contributed by atoms with E-state index in [2.05, 4.69) is 15.5 Å². The number of carbonyl (C=O) groups excluding carboxylic acids is 2. The maximum atomic E-state index is 12.1. The molecule has 0 bridgehead atoms. The van der Waals surface area contributed by atoms with Gasteiger partial charge in [-0.3, -0.25) is 19.8 Å². The minimum atomic E-state index is -0.328. The van der Waals surface area contributed by atoms with Crippen molar-refractivity contribution < 1.29 is 9.59 Å². The standard InChI is InChI=1S/C15H22N4O2/c1-18-6-3-5-12(18)15(21)17-14(20)10-19-7-2-4-11-8-16-9-13(11)19/h3,5-6,11,13,16H,2,4,7-10H2,1H3,(H,17,20,21). The van der Waals surface area contributed by atoms with Crippen LogP contribution in [0.15, 0.2) is 18.3 Å². The Morgan fingerprint density at radius 2 is 2.29 bits per heavy atom. The third-order valence-electron chi connectivity index (χ3n) is 4.57. The highest BCUT2D eigenvalue weighted by atomic mass is 16.2. The van der Waals surface area contributed by atoms with Crippen molar-refractivity contribution in [3.8, 4) is 0 Å². The van der Waals surface area contributed by atoms with Gasteiger partial charge in [-0.1, -0.05) is 0 Å². The number of amides is 2. The van der Waals surface area contributed by atoms with E-state index in [1.165, 1.54) is 6.42 Å². The second kappa shape index (κ2) is 5.99. The van der Waals surface area contributed by atoms with E-state index in [4.69, 9.17) is 0 Å². The summed E-state index contributed by atoms with van der Waals surface area (Å²) in [5, 5.41) is 5.88. The van der Waals surface area contributed by atoms with Crippen LogP contribution in [0.25, 0.3) is 0 Å². The summed E-state index contributed by atoms with van der Waals surface area (Å²) in [5.74, 6) is 0.106. The number of hydrogen-bond donors (Lipinski definition) is 2. The zero-order valence-corrected chi connectivity index (χ0v) is 12.3. The van der Waals surface area contributed by atoms with E-state index in [0.717, 1.165) is 26.1 Å². The van der Waals surface area contributed by atoms with Crippen molar-refractivity contribution in [3.05, 3.63) is 24.0 Å². The van der Waals surface area contributed by atoms with Crippen LogP contribution in [-0.2, 0) is 11.8 Å². The number of nitrogens with one attached hydrogen (secondary N) is 2. The lowest BCUT2D eigenvalue weighted by Crippen LogP contribution is -2.50. The molecule has 2 N–H and O–H groups in total. The van der Waals surface area contributed by atoms with Crippen LogP contribution in [0.1, 0.15) is 23.3 Å². The first-order chi connectivity index (χ1) is 10.1. The summed E-state index contributed by atoms with van der Waals surface area (Å²) in [6.07, 6.45) is 4.15. The number of aromatic nitrogens is 1. The lowest BCUT2D eigenvalue weighted by Gasteiger charge is -2.36. The summed E-state index contributed by atoms with van der Waals surface area (Å²) < 4.78 is 1.71. The molecule has 2 aliphatic rings. The van der Waals surface area contributed by atoms with Gasteiger partial charge in [0.2, 0.25) is 5.91 Å². The number of hydrogen-bond acceptors (Lipinski definition) is 4. The first kappa shape index (κ1) is 14.3. The molecule has 114 valence electrons. The zero-order valence-electron chi connectivity index (χ0n) is 12.3. The van der Waals surface area contributed by atoms with E-state index >= 15 is 0 Å². The van der Waals surface area contributed by atoms with Gasteiger partial charge in [-0.05, 0) is 44.0 Å². The largest absolute Gasteiger partial charge is 0.347 e. The van der Waals surface area contributed by atoms with E-state index in [1.54, 1.807) is 29.9 Å². The average molecular weight is 290 g/mol. The molecule has 1 aromatic rings. The normalized spacial score (nSPS) is 25.6. The Labute approximate surface area is 124 Å². The molecule has 6 heteroatoms. The molecular weight excluding hydrogens is 268 g/mol. The van der Waals surface area contributed by atoms with Crippen LogP contribution >= 0.6 is 0 Å². The van der Waals surface area contributed by atoms with Gasteiger partial charge < -0.3 is 9.88 Å². The summed E-state index contributed by atoms with van der Waals surface area (Å²) in [6.45, 7) is 3.24. The van der Waals surface area contributed by atoms with Crippen molar-refractivity contribution >= 4 is 11.8 Å². The van der Waals surface area contributed by atoms with Crippen LogP contribution < -0.4 is 10.6 Å². The van der Waals surface area contributed by atoms with Crippen LogP contribution in [0.4, 0.5) is 0 Å². The van der Waals surface area contributed by atoms with Gasteiger partial charge >= 0.3 is 0 Å². The Bertz CT molecular complexity index is 540. The van der Waals surface area contributed by atoms with Gasteiger partial charge in [0.1, 0.15) is 5.69 Å². The molecule has 0 radical (unpaired) electrons. The minimum Gasteiger partial charge on any atom is -0.347 e. The van der Waals surface area contributed by atoms with E-state index in [9.17, 15) is 9.59 Å². The molecule has 21 heavy (non-hydrogen) atoms. The van der Waals surface area contributed by atoms with Gasteiger partial charge in [0.25, 0.3) is 5.91 Å². The highest BCUT2D eigenvalue weighted by Gasteiger charge is 2.35. The van der Waals surface area contributed by atoms with Gasteiger partial charge in [0, 0.05) is 25.8 Å². The third-order valence-corrected chi connectivity index (χ3v) is 4.57. The van der Waals surface area contributed by atoms with Gasteiger partial charge in [0.15, 0.2) is 0 Å². The Morgan fingerprint density at radius 3 is 3.05 bits per heavy atom. The van der Waals surface area contributed by atoms with E-state index in [-0.39, 0.29) is 11.8 Å². The van der Waals surface area contributed by atoms with Gasteiger partial charge in [-0.2, -0.15) is 0 Å². The van der Waals surface area contributed by atoms with Crippen LogP contribution in [0.2, 0.25) is 0 Å². The molecule has 3 heterocycles. The van der Waals surface area contributed by atoms with Crippen molar-refractivity contribution in [1.82, 2.24) is 20.1 Å². The first-order valence-electron chi connectivity index (χ1n) is 7.55. The first-order valence-corrected chi connectivity index (χ1v) is 7.55. The number of nitrogens with zero attached hydrogens (tertiary/aromatic N) is 2. The van der Waals surface area contributed by atoms with Gasteiger partial charge in [-0.25, -0.2) is 0 Å². The van der Waals surface area contributed by atoms with E-state index < -0.39 is 0 Å². The Morgan fingerprint density at radius 1 is 1.43 bits per heavy atom. The smallest absolute Gasteiger partial charge is 0.274 e. The molecule has 2 atom stereocenters. The number of aryl methyl sites for hydroxylation is 1. The molecular formula is C15H22N4O2. The highest BCUT2D eigenvalue weighted by Crippen LogP contribution is 2.25. The molecule has 0 saturated carbocycles. The van der Waals surface area contributed by atoms with Gasteiger partial charge in [-0.15, -0.1) is 0 Å². The molecule has 0 aromatic carbocycles. The maximum Gasteiger partial charge on any atom is 0.274 e. The SMILES string of the molecule is Cn1cccc1C(=O)NC(=O)CN1CCCC2CNCC21. The summed E-state index contributed by atoms with van der Waals surface area (Å²) >= 11 is 0. The van der Waals surface area contributed by atoms with Crippen LogP contribution in [0.3, 0.4) is 0 Å². The fraction of sp³-hybridized carbons (Fsp3) is 0.600. The molecule has 0 aliphatic carbocycles. The van der Waals surface area contributed by atoms with E-state index in [1.807, 2.05) is 0 Å². The van der Waals surface area contributed by atoms with E-state index in [0.29, 0.717) is 24.2 Å². The van der Waals surface area contributed by atoms with Crippen molar-refractivity contribution in [1.29, 1.82) is 0 Å². The van der Waals surface area contributed by atoms with Crippen molar-refractivity contribution in [2.45, 2.75) is 18.9 Å². The number of imide groups is 1. The lowest BCUT2D eigenvalue weighted by molar-refractivity contribution is -0.122. The highest BCUT2D eigenvalue weighted by molar-refractivity contribution is 6.04. The number of rotatable bonds is 3. The van der Waals surface area contributed by atoms with Crippen LogP contribution in [0, 0.1) is 5.92 Å². The molecule has 2 fully saturated rings. The van der Waals surface area contributed by atoms with Crippen LogP contribution in [-0.4, -0.2) is 53.5 Å². The zero-order chi connectivity index (χ0) is 14.8. The van der Waals surface area contributed by atoms with Crippen LogP contribution in [0.5, 0.6) is 0 Å². The minimum absolute atomic E-state index is 0.214. The molecule has 2 unspecified atom stereocenters. The Kier molecular flexibility index (Phi) is 4.07. The fourth-order valence-corrected chi connectivity index (χ4v) is 3.47. The monoisotopic (exact) mass is 290 g/mol. The molecule has 1 aromatic heterocycles. The molecule has 2 amide bonds. The van der Waals surface area contributed by atoms with Crippen molar-refractivity contribution in [2.24, 2.45) is 13.0 Å². The number of likely N-dealkylation sites (tertiary alicyclic amines) is 1. The summed E-state index contributed by atoms with van der Waals surface area (Å²) in [6, 6.07) is 3.94. The summed E-state index contributed by atoms with van der Waals surface area (Å²) in [7, 11) is 1.79. The fourth-order valence-electron chi connectivity index (χ4n) is 3.47.